The van der Waals surface area contributed by atoms with Gasteiger partial charge in [0.15, 0.2) is 0 Å². The topological polar surface area (TPSA) is 54.5 Å². The number of hydrogen-bond donors (Lipinski definition) is 1. The van der Waals surface area contributed by atoms with Crippen molar-refractivity contribution in [2.24, 2.45) is 0 Å². The molecule has 1 N–H and O–H groups in total. The minimum Gasteiger partial charge on any atom is -0.398 e. The molecule has 1 aliphatic heterocycles. The van der Waals surface area contributed by atoms with Crippen molar-refractivity contribution in [3.8, 4) is 0 Å². The molecule has 3 rings (SSSR count). The molecule has 1 aliphatic carbocycles. The number of esters is 1. The van der Waals surface area contributed by atoms with Crippen LogP contribution in [0.3, 0.4) is 0 Å². The van der Waals surface area contributed by atoms with Crippen LogP contribution < -0.4 is 5.32 Å². The third kappa shape index (κ3) is 4.80. The lowest BCUT2D eigenvalue weighted by atomic mass is 9.81. The SMILES string of the molecule is CCCN(C(=S)OC(=O)[C@@H]1CCCN1)C1CCCC(c2cccnc2)C1. The molecule has 0 radical (unpaired) electrons. The Bertz CT molecular complexity index is 604. The second kappa shape index (κ2) is 9.42. The molecule has 26 heavy (non-hydrogen) atoms. The third-order valence-corrected chi connectivity index (χ3v) is 5.79. The minimum absolute atomic E-state index is 0.203. The van der Waals surface area contributed by atoms with Crippen LogP contribution in [0.1, 0.15) is 63.4 Å². The highest BCUT2D eigenvalue weighted by molar-refractivity contribution is 7.80. The van der Waals surface area contributed by atoms with E-state index in [0.29, 0.717) is 17.1 Å². The number of aromatic nitrogens is 1. The first kappa shape index (κ1) is 19.2. The Morgan fingerprint density at radius 2 is 2.27 bits per heavy atom. The Kier molecular flexibility index (Phi) is 6.97. The van der Waals surface area contributed by atoms with Crippen molar-refractivity contribution in [3.63, 3.8) is 0 Å². The summed E-state index contributed by atoms with van der Waals surface area (Å²) in [7, 11) is 0. The molecular formula is C20H29N3O2S. The van der Waals surface area contributed by atoms with Gasteiger partial charge in [0.25, 0.3) is 5.17 Å². The molecule has 1 saturated heterocycles. The highest BCUT2D eigenvalue weighted by Crippen LogP contribution is 2.35. The van der Waals surface area contributed by atoms with E-state index in [1.807, 2.05) is 18.5 Å². The quantitative estimate of drug-likeness (QED) is 0.629. The lowest BCUT2D eigenvalue weighted by Crippen LogP contribution is -2.45. The zero-order valence-electron chi connectivity index (χ0n) is 15.5. The van der Waals surface area contributed by atoms with Crippen LogP contribution in [0.4, 0.5) is 0 Å². The van der Waals surface area contributed by atoms with Crippen LogP contribution in [0.15, 0.2) is 24.5 Å². The third-order valence-electron chi connectivity index (χ3n) is 5.47. The summed E-state index contributed by atoms with van der Waals surface area (Å²) in [5.41, 5.74) is 1.30. The number of nitrogens with one attached hydrogen (secondary N) is 1. The van der Waals surface area contributed by atoms with Gasteiger partial charge in [0.2, 0.25) is 0 Å². The molecular weight excluding hydrogens is 346 g/mol. The summed E-state index contributed by atoms with van der Waals surface area (Å²) in [5, 5.41) is 3.53. The van der Waals surface area contributed by atoms with Crippen molar-refractivity contribution in [1.29, 1.82) is 0 Å². The predicted molar refractivity (Wildman–Crippen MR) is 106 cm³/mol. The van der Waals surface area contributed by atoms with Gasteiger partial charge in [-0.25, -0.2) is 4.79 Å². The van der Waals surface area contributed by atoms with Crippen LogP contribution in [0.2, 0.25) is 0 Å². The van der Waals surface area contributed by atoms with Crippen molar-refractivity contribution in [1.82, 2.24) is 15.2 Å². The first-order valence-corrected chi connectivity index (χ1v) is 10.3. The molecule has 0 bridgehead atoms. The van der Waals surface area contributed by atoms with Crippen LogP contribution >= 0.6 is 12.2 Å². The fourth-order valence-corrected chi connectivity index (χ4v) is 4.46. The van der Waals surface area contributed by atoms with Crippen LogP contribution in [0, 0.1) is 0 Å². The number of carbonyl (C=O) groups is 1. The van der Waals surface area contributed by atoms with E-state index in [-0.39, 0.29) is 12.0 Å². The molecule has 2 aliphatic rings. The standard InChI is InChI=1S/C20H29N3O2S/c1-2-12-23(20(26)25-19(24)18-9-5-11-22-18)17-8-3-6-15(13-17)16-7-4-10-21-14-16/h4,7,10,14-15,17-18,22H,2-3,5-6,8-9,11-13H2,1H3/t15?,17?,18-/m0/s1. The van der Waals surface area contributed by atoms with Crippen LogP contribution in [0.5, 0.6) is 0 Å². The van der Waals surface area contributed by atoms with Gasteiger partial charge in [-0.3, -0.25) is 4.98 Å². The predicted octanol–water partition coefficient (Wildman–Crippen LogP) is 3.40. The van der Waals surface area contributed by atoms with Crippen LogP contribution in [-0.2, 0) is 9.53 Å². The fraction of sp³-hybridized carbons (Fsp3) is 0.650. The van der Waals surface area contributed by atoms with E-state index in [0.717, 1.165) is 51.6 Å². The van der Waals surface area contributed by atoms with Gasteiger partial charge in [0.1, 0.15) is 6.04 Å². The molecule has 2 unspecified atom stereocenters. The van der Waals surface area contributed by atoms with Gasteiger partial charge in [0, 0.05) is 25.0 Å². The Morgan fingerprint density at radius 3 is 2.96 bits per heavy atom. The second-order valence-corrected chi connectivity index (χ2v) is 7.68. The summed E-state index contributed by atoms with van der Waals surface area (Å²) in [6.45, 7) is 3.84. The Labute approximate surface area is 161 Å². The van der Waals surface area contributed by atoms with E-state index < -0.39 is 0 Å². The van der Waals surface area contributed by atoms with Gasteiger partial charge in [-0.15, -0.1) is 0 Å². The van der Waals surface area contributed by atoms with Gasteiger partial charge >= 0.3 is 5.97 Å². The first-order valence-electron chi connectivity index (χ1n) is 9.84. The second-order valence-electron chi connectivity index (χ2n) is 7.33. The van der Waals surface area contributed by atoms with Crippen molar-refractivity contribution in [3.05, 3.63) is 30.1 Å². The molecule has 0 amide bonds. The molecule has 3 atom stereocenters. The highest BCUT2D eigenvalue weighted by atomic mass is 32.1. The molecule has 1 aromatic heterocycles. The summed E-state index contributed by atoms with van der Waals surface area (Å²) in [5.74, 6) is 0.269. The molecule has 5 nitrogen and oxygen atoms in total. The van der Waals surface area contributed by atoms with Gasteiger partial charge in [-0.1, -0.05) is 19.4 Å². The number of ether oxygens (including phenoxy) is 1. The van der Waals surface area contributed by atoms with Crippen molar-refractivity contribution >= 4 is 23.4 Å². The number of nitrogens with zero attached hydrogens (tertiary/aromatic N) is 2. The maximum Gasteiger partial charge on any atom is 0.330 e. The number of pyridine rings is 1. The highest BCUT2D eigenvalue weighted by Gasteiger charge is 2.31. The smallest absolute Gasteiger partial charge is 0.330 e. The number of thiocarbonyl (C=S) groups is 1. The van der Waals surface area contributed by atoms with E-state index >= 15 is 0 Å². The van der Waals surface area contributed by atoms with Crippen molar-refractivity contribution in [2.45, 2.75) is 69.9 Å². The zero-order chi connectivity index (χ0) is 18.4. The van der Waals surface area contributed by atoms with Gasteiger partial charge < -0.3 is 15.0 Å². The maximum absolute atomic E-state index is 12.3. The lowest BCUT2D eigenvalue weighted by molar-refractivity contribution is -0.138. The van der Waals surface area contributed by atoms with E-state index in [9.17, 15) is 4.79 Å². The summed E-state index contributed by atoms with van der Waals surface area (Å²) in [6, 6.07) is 4.29. The molecule has 6 heteroatoms. The van der Waals surface area contributed by atoms with Crippen molar-refractivity contribution in [2.75, 3.05) is 13.1 Å². The number of carbonyl (C=O) groups excluding carboxylic acids is 1. The monoisotopic (exact) mass is 375 g/mol. The lowest BCUT2D eigenvalue weighted by Gasteiger charge is -2.38. The van der Waals surface area contributed by atoms with Gasteiger partial charge in [-0.05, 0) is 74.8 Å². The molecule has 0 spiro atoms. The molecule has 2 fully saturated rings. The average molecular weight is 376 g/mol. The normalized spacial score (nSPS) is 25.7. The summed E-state index contributed by atoms with van der Waals surface area (Å²) >= 11 is 5.53. The number of rotatable bonds is 5. The molecule has 1 saturated carbocycles. The summed E-state index contributed by atoms with van der Waals surface area (Å²) in [4.78, 5) is 18.7. The number of hydrogen-bond acceptors (Lipinski definition) is 5. The summed E-state index contributed by atoms with van der Waals surface area (Å²) in [6.07, 6.45) is 11.1. The van der Waals surface area contributed by atoms with E-state index in [1.54, 1.807) is 0 Å². The van der Waals surface area contributed by atoms with E-state index in [4.69, 9.17) is 17.0 Å². The Hall–Kier alpha value is -1.53. The van der Waals surface area contributed by atoms with Crippen LogP contribution in [0.25, 0.3) is 0 Å². The Balaban J connectivity index is 1.64. The van der Waals surface area contributed by atoms with Crippen molar-refractivity contribution < 1.29 is 9.53 Å². The van der Waals surface area contributed by atoms with E-state index in [2.05, 4.69) is 28.2 Å². The molecule has 0 aromatic carbocycles. The van der Waals surface area contributed by atoms with E-state index in [1.165, 1.54) is 12.0 Å². The molecule has 142 valence electrons. The van der Waals surface area contributed by atoms with Crippen LogP contribution in [-0.4, -0.2) is 46.2 Å². The van der Waals surface area contributed by atoms with Gasteiger partial charge in [-0.2, -0.15) is 0 Å². The average Bonchev–Trinajstić information content (AvgIpc) is 3.22. The largest absolute Gasteiger partial charge is 0.398 e. The Morgan fingerprint density at radius 1 is 1.38 bits per heavy atom. The van der Waals surface area contributed by atoms with Gasteiger partial charge in [0.05, 0.1) is 0 Å². The maximum atomic E-state index is 12.3. The summed E-state index contributed by atoms with van der Waals surface area (Å²) < 4.78 is 5.59. The molecule has 1 aromatic rings. The minimum atomic E-state index is -0.228. The zero-order valence-corrected chi connectivity index (χ0v) is 16.3. The molecule has 2 heterocycles. The fourth-order valence-electron chi connectivity index (χ4n) is 4.13. The first-order chi connectivity index (χ1) is 12.7.